The van der Waals surface area contributed by atoms with Crippen molar-refractivity contribution in [1.82, 2.24) is 0 Å². The number of amides is 2. The van der Waals surface area contributed by atoms with E-state index in [2.05, 4.69) is 10.6 Å². The predicted octanol–water partition coefficient (Wildman–Crippen LogP) is 1.41. The van der Waals surface area contributed by atoms with Gasteiger partial charge in [-0.2, -0.15) is 0 Å². The van der Waals surface area contributed by atoms with Gasteiger partial charge in [-0.05, 0) is 24.6 Å². The molecule has 1 aromatic rings. The van der Waals surface area contributed by atoms with Gasteiger partial charge in [0.25, 0.3) is 0 Å². The molecule has 7 nitrogen and oxygen atoms in total. The first-order valence-corrected chi connectivity index (χ1v) is 6.56. The van der Waals surface area contributed by atoms with Crippen LogP contribution >= 0.6 is 0 Å². The van der Waals surface area contributed by atoms with Gasteiger partial charge in [0.1, 0.15) is 0 Å². The second-order valence-corrected chi connectivity index (χ2v) is 4.63. The minimum absolute atomic E-state index is 0.113. The Morgan fingerprint density at radius 2 is 1.95 bits per heavy atom. The summed E-state index contributed by atoms with van der Waals surface area (Å²) in [7, 11) is 0. The third kappa shape index (κ3) is 4.88. The van der Waals surface area contributed by atoms with Gasteiger partial charge in [0.2, 0.25) is 11.8 Å². The predicted molar refractivity (Wildman–Crippen MR) is 79.2 cm³/mol. The highest BCUT2D eigenvalue weighted by Gasteiger charge is 2.17. The van der Waals surface area contributed by atoms with Crippen LogP contribution in [0.15, 0.2) is 18.2 Å². The molecular weight excluding hydrogens is 274 g/mol. The first-order chi connectivity index (χ1) is 9.85. The SMILES string of the molecule is CCC[C@H](N)C(=O)Nc1ccc(NC(C)=O)cc1C(=O)O. The molecule has 0 saturated carbocycles. The summed E-state index contributed by atoms with van der Waals surface area (Å²) in [5.74, 6) is -1.96. The van der Waals surface area contributed by atoms with E-state index in [1.807, 2.05) is 6.92 Å². The van der Waals surface area contributed by atoms with Crippen LogP contribution in [0.2, 0.25) is 0 Å². The Hall–Kier alpha value is -2.41. The zero-order valence-corrected chi connectivity index (χ0v) is 12.0. The molecule has 0 unspecified atom stereocenters. The molecule has 0 saturated heterocycles. The van der Waals surface area contributed by atoms with Gasteiger partial charge in [-0.3, -0.25) is 9.59 Å². The Morgan fingerprint density at radius 1 is 1.29 bits per heavy atom. The van der Waals surface area contributed by atoms with Crippen molar-refractivity contribution in [2.24, 2.45) is 5.73 Å². The Morgan fingerprint density at radius 3 is 2.48 bits per heavy atom. The lowest BCUT2D eigenvalue weighted by molar-refractivity contribution is -0.117. The van der Waals surface area contributed by atoms with E-state index in [0.717, 1.165) is 6.42 Å². The van der Waals surface area contributed by atoms with Crippen molar-refractivity contribution < 1.29 is 19.5 Å². The highest BCUT2D eigenvalue weighted by molar-refractivity contribution is 6.03. The minimum Gasteiger partial charge on any atom is -0.478 e. The molecule has 1 aromatic carbocycles. The second-order valence-electron chi connectivity index (χ2n) is 4.63. The van der Waals surface area contributed by atoms with E-state index in [4.69, 9.17) is 5.73 Å². The van der Waals surface area contributed by atoms with E-state index in [1.165, 1.54) is 25.1 Å². The molecule has 0 aliphatic rings. The van der Waals surface area contributed by atoms with Crippen LogP contribution in [-0.2, 0) is 9.59 Å². The fourth-order valence-corrected chi connectivity index (χ4v) is 1.78. The van der Waals surface area contributed by atoms with Crippen LogP contribution in [0.25, 0.3) is 0 Å². The summed E-state index contributed by atoms with van der Waals surface area (Å²) in [5, 5.41) is 14.2. The van der Waals surface area contributed by atoms with Crippen LogP contribution in [0.4, 0.5) is 11.4 Å². The number of hydrogen-bond donors (Lipinski definition) is 4. The number of carbonyl (C=O) groups is 3. The van der Waals surface area contributed by atoms with Gasteiger partial charge in [0.05, 0.1) is 17.3 Å². The molecule has 0 radical (unpaired) electrons. The number of carboxylic acid groups (broad SMARTS) is 1. The molecule has 0 aliphatic heterocycles. The number of rotatable bonds is 6. The van der Waals surface area contributed by atoms with Gasteiger partial charge >= 0.3 is 5.97 Å². The van der Waals surface area contributed by atoms with E-state index < -0.39 is 17.9 Å². The van der Waals surface area contributed by atoms with Gasteiger partial charge < -0.3 is 21.5 Å². The van der Waals surface area contributed by atoms with Crippen LogP contribution in [0.3, 0.4) is 0 Å². The van der Waals surface area contributed by atoms with Crippen molar-refractivity contribution in [1.29, 1.82) is 0 Å². The Balaban J connectivity index is 2.99. The van der Waals surface area contributed by atoms with Crippen LogP contribution in [-0.4, -0.2) is 28.9 Å². The second kappa shape index (κ2) is 7.39. The molecule has 21 heavy (non-hydrogen) atoms. The van der Waals surface area contributed by atoms with Crippen LogP contribution in [0.5, 0.6) is 0 Å². The average molecular weight is 293 g/mol. The van der Waals surface area contributed by atoms with Crippen molar-refractivity contribution in [3.05, 3.63) is 23.8 Å². The minimum atomic E-state index is -1.21. The van der Waals surface area contributed by atoms with E-state index in [1.54, 1.807) is 0 Å². The third-order valence-corrected chi connectivity index (χ3v) is 2.76. The molecule has 0 fully saturated rings. The number of aromatic carboxylic acids is 1. The third-order valence-electron chi connectivity index (χ3n) is 2.76. The standard InChI is InChI=1S/C14H19N3O4/c1-3-4-11(15)13(19)17-12-6-5-9(16-8(2)18)7-10(12)14(20)21/h5-7,11H,3-4,15H2,1-2H3,(H,16,18)(H,17,19)(H,20,21)/t11-/m0/s1. The van der Waals surface area contributed by atoms with Crippen molar-refractivity contribution in [2.75, 3.05) is 10.6 Å². The topological polar surface area (TPSA) is 122 Å². The molecule has 1 atom stereocenters. The van der Waals surface area contributed by atoms with Crippen molar-refractivity contribution in [2.45, 2.75) is 32.7 Å². The number of carboxylic acids is 1. The van der Waals surface area contributed by atoms with Crippen molar-refractivity contribution in [3.63, 3.8) is 0 Å². The molecule has 114 valence electrons. The molecule has 0 bridgehead atoms. The highest BCUT2D eigenvalue weighted by Crippen LogP contribution is 2.21. The lowest BCUT2D eigenvalue weighted by Gasteiger charge is -2.14. The summed E-state index contributed by atoms with van der Waals surface area (Å²) >= 11 is 0. The molecule has 0 aliphatic carbocycles. The first-order valence-electron chi connectivity index (χ1n) is 6.56. The van der Waals surface area contributed by atoms with Gasteiger partial charge in [0, 0.05) is 12.6 Å². The number of hydrogen-bond acceptors (Lipinski definition) is 4. The monoisotopic (exact) mass is 293 g/mol. The Labute approximate surface area is 122 Å². The van der Waals surface area contributed by atoms with Gasteiger partial charge in [-0.15, -0.1) is 0 Å². The quantitative estimate of drug-likeness (QED) is 0.631. The van der Waals surface area contributed by atoms with E-state index in [0.29, 0.717) is 12.1 Å². The number of anilines is 2. The largest absolute Gasteiger partial charge is 0.478 e. The molecule has 0 aromatic heterocycles. The molecule has 1 rings (SSSR count). The fourth-order valence-electron chi connectivity index (χ4n) is 1.78. The zero-order valence-electron chi connectivity index (χ0n) is 12.0. The Bertz CT molecular complexity index is 557. The number of nitrogens with one attached hydrogen (secondary N) is 2. The maximum absolute atomic E-state index is 11.8. The molecule has 2 amide bonds. The average Bonchev–Trinajstić information content (AvgIpc) is 2.39. The molecule has 0 spiro atoms. The van der Waals surface area contributed by atoms with Crippen molar-refractivity contribution >= 4 is 29.2 Å². The molecule has 7 heteroatoms. The summed E-state index contributed by atoms with van der Waals surface area (Å²) in [6.45, 7) is 3.22. The van der Waals surface area contributed by atoms with Gasteiger partial charge in [0.15, 0.2) is 0 Å². The zero-order chi connectivity index (χ0) is 16.0. The smallest absolute Gasteiger partial charge is 0.337 e. The van der Waals surface area contributed by atoms with E-state index in [-0.39, 0.29) is 17.2 Å². The summed E-state index contributed by atoms with van der Waals surface area (Å²) < 4.78 is 0. The normalized spacial score (nSPS) is 11.6. The lowest BCUT2D eigenvalue weighted by Crippen LogP contribution is -2.35. The summed E-state index contributed by atoms with van der Waals surface area (Å²) in [6, 6.07) is 3.52. The van der Waals surface area contributed by atoms with Crippen LogP contribution in [0, 0.1) is 0 Å². The lowest BCUT2D eigenvalue weighted by atomic mass is 10.1. The first kappa shape index (κ1) is 16.6. The van der Waals surface area contributed by atoms with Gasteiger partial charge in [-0.25, -0.2) is 4.79 Å². The number of benzene rings is 1. The van der Waals surface area contributed by atoms with Crippen LogP contribution < -0.4 is 16.4 Å². The van der Waals surface area contributed by atoms with Crippen LogP contribution in [0.1, 0.15) is 37.0 Å². The van der Waals surface area contributed by atoms with Crippen molar-refractivity contribution in [3.8, 4) is 0 Å². The molecule has 0 heterocycles. The van der Waals surface area contributed by atoms with E-state index in [9.17, 15) is 19.5 Å². The molecular formula is C14H19N3O4. The maximum Gasteiger partial charge on any atom is 0.337 e. The molecule has 5 N–H and O–H groups in total. The summed E-state index contributed by atoms with van der Waals surface area (Å²) in [4.78, 5) is 34.1. The van der Waals surface area contributed by atoms with E-state index >= 15 is 0 Å². The number of nitrogens with two attached hydrogens (primary N) is 1. The van der Waals surface area contributed by atoms with Gasteiger partial charge in [-0.1, -0.05) is 13.3 Å². The summed E-state index contributed by atoms with van der Waals surface area (Å²) in [6.07, 6.45) is 1.26. The highest BCUT2D eigenvalue weighted by atomic mass is 16.4. The Kier molecular flexibility index (Phi) is 5.86. The fraction of sp³-hybridized carbons (Fsp3) is 0.357. The number of carbonyl (C=O) groups excluding carboxylic acids is 2. The summed E-state index contributed by atoms with van der Waals surface area (Å²) in [5.41, 5.74) is 6.06. The maximum atomic E-state index is 11.8.